The van der Waals surface area contributed by atoms with E-state index in [-0.39, 0.29) is 16.9 Å². The molecule has 0 aliphatic rings. The Morgan fingerprint density at radius 3 is 2.72 bits per heavy atom. The van der Waals surface area contributed by atoms with Crippen LogP contribution in [0.1, 0.15) is 5.56 Å². The lowest BCUT2D eigenvalue weighted by Gasteiger charge is -2.00. The molecule has 2 rings (SSSR count). The highest BCUT2D eigenvalue weighted by molar-refractivity contribution is 6.33. The lowest BCUT2D eigenvalue weighted by molar-refractivity contribution is 1.13. The van der Waals surface area contributed by atoms with Crippen LogP contribution in [0.15, 0.2) is 35.4 Å². The van der Waals surface area contributed by atoms with Gasteiger partial charge in [0.15, 0.2) is 0 Å². The number of benzene rings is 1. The van der Waals surface area contributed by atoms with Crippen LogP contribution in [-0.4, -0.2) is 16.2 Å². The van der Waals surface area contributed by atoms with Crippen molar-refractivity contribution in [2.24, 2.45) is 5.10 Å². The van der Waals surface area contributed by atoms with E-state index in [9.17, 15) is 0 Å². The van der Waals surface area contributed by atoms with E-state index in [0.29, 0.717) is 5.02 Å². The number of aromatic nitrogens is 2. The van der Waals surface area contributed by atoms with Crippen molar-refractivity contribution in [3.05, 3.63) is 46.1 Å². The number of nitrogens with one attached hydrogen (secondary N) is 1. The third-order valence-electron chi connectivity index (χ3n) is 1.99. The van der Waals surface area contributed by atoms with Gasteiger partial charge < -0.3 is 5.73 Å². The van der Waals surface area contributed by atoms with E-state index in [1.165, 1.54) is 6.07 Å². The lowest BCUT2D eigenvalue weighted by atomic mass is 10.2. The third-order valence-corrected chi connectivity index (χ3v) is 2.53. The van der Waals surface area contributed by atoms with Crippen LogP contribution in [0.4, 0.5) is 11.8 Å². The zero-order chi connectivity index (χ0) is 13.0. The molecule has 0 spiro atoms. The Kier molecular flexibility index (Phi) is 3.96. The first kappa shape index (κ1) is 12.6. The molecule has 5 nitrogen and oxygen atoms in total. The number of halogens is 2. The van der Waals surface area contributed by atoms with Crippen LogP contribution in [0.25, 0.3) is 0 Å². The van der Waals surface area contributed by atoms with E-state index >= 15 is 0 Å². The first-order valence-corrected chi connectivity index (χ1v) is 5.74. The zero-order valence-electron chi connectivity index (χ0n) is 9.14. The minimum Gasteiger partial charge on any atom is -0.383 e. The second kappa shape index (κ2) is 5.66. The number of hydrazone groups is 1. The minimum atomic E-state index is 0.225. The molecule has 3 N–H and O–H groups in total. The van der Waals surface area contributed by atoms with Gasteiger partial charge in [-0.1, -0.05) is 41.4 Å². The van der Waals surface area contributed by atoms with E-state index in [1.807, 2.05) is 18.2 Å². The highest BCUT2D eigenvalue weighted by Gasteiger charge is 1.99. The van der Waals surface area contributed by atoms with Crippen molar-refractivity contribution in [1.29, 1.82) is 0 Å². The molecule has 1 aromatic heterocycles. The molecule has 1 aromatic carbocycles. The summed E-state index contributed by atoms with van der Waals surface area (Å²) in [4.78, 5) is 7.82. The fraction of sp³-hybridized carbons (Fsp3) is 0. The Bertz CT molecular complexity index is 565. The number of hydrogen-bond acceptors (Lipinski definition) is 5. The van der Waals surface area contributed by atoms with E-state index in [2.05, 4.69) is 20.5 Å². The van der Waals surface area contributed by atoms with Crippen molar-refractivity contribution in [2.75, 3.05) is 11.2 Å². The Labute approximate surface area is 114 Å². The topological polar surface area (TPSA) is 76.2 Å². The molecule has 0 radical (unpaired) electrons. The summed E-state index contributed by atoms with van der Waals surface area (Å²) in [5, 5.41) is 4.81. The summed E-state index contributed by atoms with van der Waals surface area (Å²) in [6, 6.07) is 8.76. The van der Waals surface area contributed by atoms with Crippen molar-refractivity contribution in [3.8, 4) is 0 Å². The second-order valence-electron chi connectivity index (χ2n) is 3.33. The predicted molar refractivity (Wildman–Crippen MR) is 74.1 cm³/mol. The van der Waals surface area contributed by atoms with Crippen molar-refractivity contribution >= 4 is 41.2 Å². The molecule has 0 amide bonds. The summed E-state index contributed by atoms with van der Waals surface area (Å²) in [6.45, 7) is 0. The fourth-order valence-corrected chi connectivity index (χ4v) is 1.60. The van der Waals surface area contributed by atoms with Gasteiger partial charge in [-0.15, -0.1) is 0 Å². The minimum absolute atomic E-state index is 0.225. The van der Waals surface area contributed by atoms with Crippen molar-refractivity contribution in [2.45, 2.75) is 0 Å². The van der Waals surface area contributed by atoms with Crippen LogP contribution in [0.3, 0.4) is 0 Å². The zero-order valence-corrected chi connectivity index (χ0v) is 10.7. The Hall–Kier alpha value is -1.85. The largest absolute Gasteiger partial charge is 0.383 e. The first-order valence-electron chi connectivity index (χ1n) is 4.99. The highest BCUT2D eigenvalue weighted by atomic mass is 35.5. The molecule has 1 heterocycles. The summed E-state index contributed by atoms with van der Waals surface area (Å²) in [5.41, 5.74) is 8.92. The molecule has 2 aromatic rings. The molecule has 7 heteroatoms. The fourth-order valence-electron chi connectivity index (χ4n) is 1.22. The Balaban J connectivity index is 2.10. The molecule has 0 saturated heterocycles. The van der Waals surface area contributed by atoms with Crippen LogP contribution >= 0.6 is 23.2 Å². The van der Waals surface area contributed by atoms with E-state index < -0.39 is 0 Å². The molecule has 0 saturated carbocycles. The number of nitrogen functional groups attached to an aromatic ring is 1. The van der Waals surface area contributed by atoms with Crippen LogP contribution in [-0.2, 0) is 0 Å². The van der Waals surface area contributed by atoms with Crippen molar-refractivity contribution < 1.29 is 0 Å². The molecule has 0 aliphatic carbocycles. The van der Waals surface area contributed by atoms with Crippen LogP contribution in [0.2, 0.25) is 10.2 Å². The summed E-state index contributed by atoms with van der Waals surface area (Å²) >= 11 is 11.7. The van der Waals surface area contributed by atoms with E-state index in [0.717, 1.165) is 5.56 Å². The average Bonchev–Trinajstić information content (AvgIpc) is 2.30. The quantitative estimate of drug-likeness (QED) is 0.515. The second-order valence-corrected chi connectivity index (χ2v) is 4.13. The van der Waals surface area contributed by atoms with Crippen molar-refractivity contribution in [3.63, 3.8) is 0 Å². The van der Waals surface area contributed by atoms with Gasteiger partial charge in [-0.3, -0.25) is 0 Å². The van der Waals surface area contributed by atoms with Gasteiger partial charge in [0.05, 0.1) is 6.21 Å². The van der Waals surface area contributed by atoms with Gasteiger partial charge in [-0.25, -0.2) is 5.43 Å². The molecule has 0 bridgehead atoms. The van der Waals surface area contributed by atoms with Gasteiger partial charge in [0.1, 0.15) is 11.0 Å². The normalized spacial score (nSPS) is 10.8. The van der Waals surface area contributed by atoms with E-state index in [1.54, 1.807) is 12.3 Å². The molecular weight excluding hydrogens is 273 g/mol. The summed E-state index contributed by atoms with van der Waals surface area (Å²) < 4.78 is 0. The number of nitrogens with zero attached hydrogens (tertiary/aromatic N) is 3. The van der Waals surface area contributed by atoms with Gasteiger partial charge in [0, 0.05) is 16.7 Å². The molecular formula is C11H9Cl2N5. The van der Waals surface area contributed by atoms with Crippen LogP contribution in [0, 0.1) is 0 Å². The van der Waals surface area contributed by atoms with Gasteiger partial charge in [-0.2, -0.15) is 15.1 Å². The maximum absolute atomic E-state index is 5.97. The summed E-state index contributed by atoms with van der Waals surface area (Å²) in [5.74, 6) is 0.494. The van der Waals surface area contributed by atoms with E-state index in [4.69, 9.17) is 28.9 Å². The van der Waals surface area contributed by atoms with Gasteiger partial charge >= 0.3 is 0 Å². The molecule has 0 unspecified atom stereocenters. The van der Waals surface area contributed by atoms with Crippen LogP contribution < -0.4 is 11.2 Å². The smallest absolute Gasteiger partial charge is 0.246 e. The number of anilines is 2. The van der Waals surface area contributed by atoms with Crippen molar-refractivity contribution in [1.82, 2.24) is 9.97 Å². The maximum Gasteiger partial charge on any atom is 0.246 e. The molecule has 92 valence electrons. The Morgan fingerprint density at radius 2 is 2.00 bits per heavy atom. The molecule has 0 fully saturated rings. The lowest BCUT2D eigenvalue weighted by Crippen LogP contribution is -2.00. The highest BCUT2D eigenvalue weighted by Crippen LogP contribution is 2.13. The molecule has 0 atom stereocenters. The number of hydrogen-bond donors (Lipinski definition) is 2. The summed E-state index contributed by atoms with van der Waals surface area (Å²) in [7, 11) is 0. The molecule has 18 heavy (non-hydrogen) atoms. The standard InChI is InChI=1S/C11H9Cl2N5/c12-8-4-2-1-3-7(8)6-15-18-11-16-9(13)5-10(14)17-11/h1-6H,(H3,14,16,17,18)/b15-6+. The van der Waals surface area contributed by atoms with Gasteiger partial charge in [-0.05, 0) is 6.07 Å². The first-order chi connectivity index (χ1) is 8.65. The SMILES string of the molecule is Nc1cc(Cl)nc(N/N=C/c2ccccc2Cl)n1. The summed E-state index contributed by atoms with van der Waals surface area (Å²) in [6.07, 6.45) is 1.56. The molecule has 0 aliphatic heterocycles. The maximum atomic E-state index is 5.97. The monoisotopic (exact) mass is 281 g/mol. The predicted octanol–water partition coefficient (Wildman–Crippen LogP) is 2.81. The van der Waals surface area contributed by atoms with Gasteiger partial charge in [0.25, 0.3) is 0 Å². The van der Waals surface area contributed by atoms with Crippen LogP contribution in [0.5, 0.6) is 0 Å². The average molecular weight is 282 g/mol. The number of rotatable bonds is 3. The third kappa shape index (κ3) is 3.32. The van der Waals surface area contributed by atoms with Gasteiger partial charge in [0.2, 0.25) is 5.95 Å². The Morgan fingerprint density at radius 1 is 1.22 bits per heavy atom. The number of nitrogens with two attached hydrogens (primary N) is 1.